The Morgan fingerprint density at radius 3 is 2.38 bits per heavy atom. The van der Waals surface area contributed by atoms with Gasteiger partial charge in [-0.05, 0) is 0 Å². The summed E-state index contributed by atoms with van der Waals surface area (Å²) in [5, 5.41) is 8.77. The van der Waals surface area contributed by atoms with E-state index in [1.165, 1.54) is 0 Å². The molecule has 48 valence electrons. The molecule has 1 unspecified atom stereocenters. The van der Waals surface area contributed by atoms with Crippen LogP contribution in [0.25, 0.3) is 0 Å². The van der Waals surface area contributed by atoms with Crippen molar-refractivity contribution in [3.63, 3.8) is 0 Å². The third-order valence-corrected chi connectivity index (χ3v) is 1.82. The van der Waals surface area contributed by atoms with Crippen molar-refractivity contribution in [1.82, 2.24) is 0 Å². The van der Waals surface area contributed by atoms with E-state index in [1.54, 1.807) is 0 Å². The SMILES string of the molecule is OC1OCCC1(Cl)Cl. The number of ether oxygens (including phenoxy) is 1. The van der Waals surface area contributed by atoms with Gasteiger partial charge in [0.15, 0.2) is 10.6 Å². The summed E-state index contributed by atoms with van der Waals surface area (Å²) in [5.41, 5.74) is 0. The summed E-state index contributed by atoms with van der Waals surface area (Å²) in [6.45, 7) is 0.439. The Morgan fingerprint density at radius 2 is 2.25 bits per heavy atom. The standard InChI is InChI=1S/C4H6Cl2O2/c5-4(6)1-2-8-3(4)7/h3,7H,1-2H2. The van der Waals surface area contributed by atoms with Gasteiger partial charge in [0, 0.05) is 6.42 Å². The molecule has 8 heavy (non-hydrogen) atoms. The lowest BCUT2D eigenvalue weighted by Crippen LogP contribution is -2.24. The van der Waals surface area contributed by atoms with Crippen LogP contribution >= 0.6 is 23.2 Å². The molecular formula is C4H6Cl2O2. The Balaban J connectivity index is 2.54. The second kappa shape index (κ2) is 2.03. The Kier molecular flexibility index (Phi) is 1.68. The van der Waals surface area contributed by atoms with Crippen molar-refractivity contribution in [3.05, 3.63) is 0 Å². The minimum absolute atomic E-state index is 0.439. The van der Waals surface area contributed by atoms with Crippen molar-refractivity contribution in [3.8, 4) is 0 Å². The van der Waals surface area contributed by atoms with E-state index in [4.69, 9.17) is 28.3 Å². The van der Waals surface area contributed by atoms with E-state index in [2.05, 4.69) is 4.74 Å². The van der Waals surface area contributed by atoms with Gasteiger partial charge in [-0.2, -0.15) is 0 Å². The molecule has 1 fully saturated rings. The molecular weight excluding hydrogens is 151 g/mol. The average molecular weight is 157 g/mol. The zero-order valence-corrected chi connectivity index (χ0v) is 5.61. The highest BCUT2D eigenvalue weighted by Gasteiger charge is 2.39. The number of hydrogen-bond donors (Lipinski definition) is 1. The van der Waals surface area contributed by atoms with E-state index in [1.807, 2.05) is 0 Å². The molecule has 0 radical (unpaired) electrons. The van der Waals surface area contributed by atoms with Crippen LogP contribution in [0, 0.1) is 0 Å². The zero-order valence-electron chi connectivity index (χ0n) is 4.10. The highest BCUT2D eigenvalue weighted by Crippen LogP contribution is 2.34. The van der Waals surface area contributed by atoms with E-state index >= 15 is 0 Å². The topological polar surface area (TPSA) is 29.5 Å². The van der Waals surface area contributed by atoms with Crippen molar-refractivity contribution in [2.45, 2.75) is 17.0 Å². The van der Waals surface area contributed by atoms with Gasteiger partial charge in [0.25, 0.3) is 0 Å². The molecule has 0 bridgehead atoms. The molecule has 1 aliphatic heterocycles. The number of alkyl halides is 2. The first-order valence-corrected chi connectivity index (χ1v) is 3.06. The molecule has 0 aromatic carbocycles. The van der Waals surface area contributed by atoms with Crippen LogP contribution in [0.3, 0.4) is 0 Å². The first kappa shape index (κ1) is 6.62. The summed E-state index contributed by atoms with van der Waals surface area (Å²) in [6.07, 6.45) is -0.511. The maximum atomic E-state index is 8.77. The minimum Gasteiger partial charge on any atom is -0.366 e. The van der Waals surface area contributed by atoms with E-state index in [9.17, 15) is 0 Å². The number of rotatable bonds is 0. The molecule has 1 aliphatic rings. The van der Waals surface area contributed by atoms with Crippen LogP contribution in [0.2, 0.25) is 0 Å². The number of hydrogen-bond acceptors (Lipinski definition) is 2. The second-order valence-corrected chi connectivity index (χ2v) is 3.28. The Labute approximate surface area is 57.3 Å². The third-order valence-electron chi connectivity index (χ3n) is 1.07. The van der Waals surface area contributed by atoms with E-state index < -0.39 is 10.6 Å². The van der Waals surface area contributed by atoms with Crippen molar-refractivity contribution in [1.29, 1.82) is 0 Å². The lowest BCUT2D eigenvalue weighted by molar-refractivity contribution is -0.0628. The van der Waals surface area contributed by atoms with E-state index in [0.29, 0.717) is 13.0 Å². The van der Waals surface area contributed by atoms with Gasteiger partial charge in [-0.1, -0.05) is 23.2 Å². The maximum absolute atomic E-state index is 8.77. The lowest BCUT2D eigenvalue weighted by Gasteiger charge is -2.13. The summed E-state index contributed by atoms with van der Waals surface area (Å²) in [6, 6.07) is 0. The van der Waals surface area contributed by atoms with Crippen LogP contribution in [0.15, 0.2) is 0 Å². The maximum Gasteiger partial charge on any atom is 0.188 e. The molecule has 2 nitrogen and oxygen atoms in total. The van der Waals surface area contributed by atoms with Gasteiger partial charge in [-0.15, -0.1) is 0 Å². The van der Waals surface area contributed by atoms with Crippen molar-refractivity contribution in [2.24, 2.45) is 0 Å². The molecule has 0 saturated carbocycles. The van der Waals surface area contributed by atoms with Crippen LogP contribution in [0.1, 0.15) is 6.42 Å². The fourth-order valence-electron chi connectivity index (χ4n) is 0.552. The van der Waals surface area contributed by atoms with Crippen LogP contribution in [0.4, 0.5) is 0 Å². The molecule has 1 rings (SSSR count). The monoisotopic (exact) mass is 156 g/mol. The van der Waals surface area contributed by atoms with Gasteiger partial charge < -0.3 is 9.84 Å². The molecule has 1 atom stereocenters. The Morgan fingerprint density at radius 1 is 1.62 bits per heavy atom. The highest BCUT2D eigenvalue weighted by molar-refractivity contribution is 6.48. The average Bonchev–Trinajstić information content (AvgIpc) is 1.86. The molecule has 1 saturated heterocycles. The number of aliphatic hydroxyl groups excluding tert-OH is 1. The summed E-state index contributed by atoms with van der Waals surface area (Å²) in [7, 11) is 0. The van der Waals surface area contributed by atoms with Gasteiger partial charge in [-0.25, -0.2) is 0 Å². The molecule has 0 aliphatic carbocycles. The molecule has 0 aromatic heterocycles. The largest absolute Gasteiger partial charge is 0.366 e. The fourth-order valence-corrected chi connectivity index (χ4v) is 0.832. The normalized spacial score (nSPS) is 35.6. The quantitative estimate of drug-likeness (QED) is 0.529. The number of aliphatic hydroxyl groups is 1. The first-order valence-electron chi connectivity index (χ1n) is 2.30. The summed E-state index contributed by atoms with van der Waals surface area (Å²) in [4.78, 5) is 0. The van der Waals surface area contributed by atoms with Gasteiger partial charge in [0.05, 0.1) is 6.61 Å². The van der Waals surface area contributed by atoms with Gasteiger partial charge >= 0.3 is 0 Å². The van der Waals surface area contributed by atoms with Crippen molar-refractivity contribution in [2.75, 3.05) is 6.61 Å². The van der Waals surface area contributed by atoms with Crippen LogP contribution in [-0.2, 0) is 4.74 Å². The van der Waals surface area contributed by atoms with Gasteiger partial charge in [0.2, 0.25) is 0 Å². The Bertz CT molecular complexity index is 94.0. The molecule has 1 N–H and O–H groups in total. The van der Waals surface area contributed by atoms with Crippen LogP contribution < -0.4 is 0 Å². The van der Waals surface area contributed by atoms with Gasteiger partial charge in [0.1, 0.15) is 0 Å². The van der Waals surface area contributed by atoms with E-state index in [0.717, 1.165) is 0 Å². The number of halogens is 2. The van der Waals surface area contributed by atoms with Crippen molar-refractivity contribution >= 4 is 23.2 Å². The molecule has 0 amide bonds. The third kappa shape index (κ3) is 1.08. The predicted molar refractivity (Wildman–Crippen MR) is 31.0 cm³/mol. The highest BCUT2D eigenvalue weighted by atomic mass is 35.5. The first-order chi connectivity index (χ1) is 3.63. The summed E-state index contributed by atoms with van der Waals surface area (Å²) < 4.78 is 3.59. The van der Waals surface area contributed by atoms with Crippen molar-refractivity contribution < 1.29 is 9.84 Å². The lowest BCUT2D eigenvalue weighted by atomic mass is 10.3. The smallest absolute Gasteiger partial charge is 0.188 e. The molecule has 1 heterocycles. The van der Waals surface area contributed by atoms with Crippen LogP contribution in [-0.4, -0.2) is 22.3 Å². The zero-order chi connectivity index (χ0) is 6.20. The Hall–Kier alpha value is 0.500. The molecule has 4 heteroatoms. The molecule has 0 spiro atoms. The predicted octanol–water partition coefficient (Wildman–Crippen LogP) is 0.899. The summed E-state index contributed by atoms with van der Waals surface area (Å²) in [5.74, 6) is 0. The summed E-state index contributed by atoms with van der Waals surface area (Å²) >= 11 is 11.0. The van der Waals surface area contributed by atoms with E-state index in [-0.39, 0.29) is 0 Å². The van der Waals surface area contributed by atoms with Gasteiger partial charge in [-0.3, -0.25) is 0 Å². The minimum atomic E-state index is -1.07. The second-order valence-electron chi connectivity index (χ2n) is 1.73. The molecule has 0 aromatic rings. The fraction of sp³-hybridized carbons (Fsp3) is 1.00. The van der Waals surface area contributed by atoms with Crippen LogP contribution in [0.5, 0.6) is 0 Å².